The minimum absolute atomic E-state index is 0.131. The third-order valence-corrected chi connectivity index (χ3v) is 2.53. The molecule has 0 unspecified atom stereocenters. The Balaban J connectivity index is 4.61. The quantitative estimate of drug-likeness (QED) is 0.687. The summed E-state index contributed by atoms with van der Waals surface area (Å²) in [4.78, 5) is 23.8. The van der Waals surface area contributed by atoms with Gasteiger partial charge < -0.3 is 15.3 Å². The van der Waals surface area contributed by atoms with Gasteiger partial charge in [0.2, 0.25) is 5.91 Å². The number of nitrogens with zero attached hydrogens (tertiary/aromatic N) is 1. The standard InChI is InChI=1S/C10H20N2O3/c1-6(2)8(11-4)9(13)12(5)7(3)10(14)15/h6-8,11H,1-5H3,(H,14,15)/t7-,8-/m0/s1. The second kappa shape index (κ2) is 5.70. The van der Waals surface area contributed by atoms with Crippen LogP contribution in [-0.4, -0.2) is 48.1 Å². The molecule has 88 valence electrons. The summed E-state index contributed by atoms with van der Waals surface area (Å²) in [5.41, 5.74) is 0. The Morgan fingerprint density at radius 1 is 1.27 bits per heavy atom. The fourth-order valence-electron chi connectivity index (χ4n) is 1.32. The maximum Gasteiger partial charge on any atom is 0.326 e. The topological polar surface area (TPSA) is 69.6 Å². The van der Waals surface area contributed by atoms with Gasteiger partial charge in [0.15, 0.2) is 0 Å². The van der Waals surface area contributed by atoms with Gasteiger partial charge in [0.1, 0.15) is 6.04 Å². The lowest BCUT2D eigenvalue weighted by molar-refractivity contribution is -0.149. The van der Waals surface area contributed by atoms with E-state index in [1.165, 1.54) is 18.9 Å². The SMILES string of the molecule is CN[C@H](C(=O)N(C)[C@@H](C)C(=O)O)C(C)C. The van der Waals surface area contributed by atoms with E-state index in [0.717, 1.165) is 0 Å². The summed E-state index contributed by atoms with van der Waals surface area (Å²) in [5, 5.41) is 11.7. The number of likely N-dealkylation sites (N-methyl/N-ethyl adjacent to an activating group) is 2. The third kappa shape index (κ3) is 3.51. The molecule has 2 N–H and O–H groups in total. The Kier molecular flexibility index (Phi) is 5.28. The van der Waals surface area contributed by atoms with E-state index < -0.39 is 12.0 Å². The number of rotatable bonds is 5. The van der Waals surface area contributed by atoms with Crippen LogP contribution in [0.25, 0.3) is 0 Å². The average Bonchev–Trinajstić information content (AvgIpc) is 2.15. The van der Waals surface area contributed by atoms with Crippen LogP contribution in [0.2, 0.25) is 0 Å². The van der Waals surface area contributed by atoms with Crippen LogP contribution in [0.3, 0.4) is 0 Å². The number of carboxylic acids is 1. The van der Waals surface area contributed by atoms with Gasteiger partial charge in [-0.2, -0.15) is 0 Å². The number of amides is 1. The predicted octanol–water partition coefficient (Wildman–Crippen LogP) is 0.162. The van der Waals surface area contributed by atoms with Crippen LogP contribution in [-0.2, 0) is 9.59 Å². The molecule has 0 saturated heterocycles. The molecule has 0 aliphatic heterocycles. The van der Waals surface area contributed by atoms with Crippen molar-refractivity contribution in [3.8, 4) is 0 Å². The third-order valence-electron chi connectivity index (χ3n) is 2.53. The van der Waals surface area contributed by atoms with Crippen LogP contribution in [0.1, 0.15) is 20.8 Å². The first kappa shape index (κ1) is 13.9. The smallest absolute Gasteiger partial charge is 0.326 e. The zero-order valence-electron chi connectivity index (χ0n) is 9.94. The molecule has 5 heteroatoms. The molecule has 0 saturated carbocycles. The zero-order chi connectivity index (χ0) is 12.2. The molecule has 0 radical (unpaired) electrons. The molecular formula is C10H20N2O3. The van der Waals surface area contributed by atoms with E-state index in [1.807, 2.05) is 13.8 Å². The monoisotopic (exact) mass is 216 g/mol. The molecule has 0 aromatic heterocycles. The molecule has 5 nitrogen and oxygen atoms in total. The summed E-state index contributed by atoms with van der Waals surface area (Å²) in [5.74, 6) is -1.06. The fourth-order valence-corrected chi connectivity index (χ4v) is 1.32. The van der Waals surface area contributed by atoms with E-state index in [1.54, 1.807) is 7.05 Å². The molecule has 0 bridgehead atoms. The molecule has 1 amide bonds. The van der Waals surface area contributed by atoms with Gasteiger partial charge in [-0.1, -0.05) is 13.8 Å². The van der Waals surface area contributed by atoms with Gasteiger partial charge in [-0.05, 0) is 19.9 Å². The largest absolute Gasteiger partial charge is 0.480 e. The highest BCUT2D eigenvalue weighted by atomic mass is 16.4. The highest BCUT2D eigenvalue weighted by Crippen LogP contribution is 2.07. The Hall–Kier alpha value is -1.10. The van der Waals surface area contributed by atoms with Gasteiger partial charge in [0.05, 0.1) is 6.04 Å². The first-order valence-electron chi connectivity index (χ1n) is 4.99. The van der Waals surface area contributed by atoms with Gasteiger partial charge >= 0.3 is 5.97 Å². The lowest BCUT2D eigenvalue weighted by Crippen LogP contribution is -2.51. The van der Waals surface area contributed by atoms with Crippen LogP contribution in [0.15, 0.2) is 0 Å². The van der Waals surface area contributed by atoms with Gasteiger partial charge in [-0.15, -0.1) is 0 Å². The van der Waals surface area contributed by atoms with Crippen molar-refractivity contribution >= 4 is 11.9 Å². The normalized spacial score (nSPS) is 14.8. The summed E-state index contributed by atoms with van der Waals surface area (Å²) < 4.78 is 0. The molecule has 2 atom stereocenters. The first-order valence-corrected chi connectivity index (χ1v) is 4.99. The summed E-state index contributed by atoms with van der Waals surface area (Å²) >= 11 is 0. The molecule has 0 aliphatic carbocycles. The van der Waals surface area contributed by atoms with Crippen LogP contribution in [0, 0.1) is 5.92 Å². The molecule has 0 heterocycles. The number of aliphatic carboxylic acids is 1. The lowest BCUT2D eigenvalue weighted by atomic mass is 10.0. The molecule has 0 spiro atoms. The number of carbonyl (C=O) groups is 2. The van der Waals surface area contributed by atoms with Gasteiger partial charge in [0.25, 0.3) is 0 Å². The fraction of sp³-hybridized carbons (Fsp3) is 0.800. The van der Waals surface area contributed by atoms with E-state index in [-0.39, 0.29) is 17.9 Å². The number of carboxylic acid groups (broad SMARTS) is 1. The molecule has 0 fully saturated rings. The maximum absolute atomic E-state index is 11.9. The number of nitrogens with one attached hydrogen (secondary N) is 1. The van der Waals surface area contributed by atoms with Crippen molar-refractivity contribution < 1.29 is 14.7 Å². The molecular weight excluding hydrogens is 196 g/mol. The summed E-state index contributed by atoms with van der Waals surface area (Å²) in [6.07, 6.45) is 0. The van der Waals surface area contributed by atoms with Crippen molar-refractivity contribution in [3.05, 3.63) is 0 Å². The molecule has 0 aromatic rings. The van der Waals surface area contributed by atoms with Crippen LogP contribution < -0.4 is 5.32 Å². The zero-order valence-corrected chi connectivity index (χ0v) is 9.94. The minimum Gasteiger partial charge on any atom is -0.480 e. The van der Waals surface area contributed by atoms with Crippen molar-refractivity contribution in [1.82, 2.24) is 10.2 Å². The van der Waals surface area contributed by atoms with E-state index in [2.05, 4.69) is 5.32 Å². The molecule has 0 rings (SSSR count). The van der Waals surface area contributed by atoms with E-state index in [0.29, 0.717) is 0 Å². The lowest BCUT2D eigenvalue weighted by Gasteiger charge is -2.28. The van der Waals surface area contributed by atoms with Crippen molar-refractivity contribution in [2.24, 2.45) is 5.92 Å². The van der Waals surface area contributed by atoms with Crippen molar-refractivity contribution in [2.75, 3.05) is 14.1 Å². The Morgan fingerprint density at radius 3 is 2.00 bits per heavy atom. The second-order valence-electron chi connectivity index (χ2n) is 3.97. The highest BCUT2D eigenvalue weighted by molar-refractivity contribution is 5.86. The Bertz CT molecular complexity index is 241. The number of hydrogen-bond acceptors (Lipinski definition) is 3. The van der Waals surface area contributed by atoms with Gasteiger partial charge in [-0.3, -0.25) is 4.79 Å². The Morgan fingerprint density at radius 2 is 1.73 bits per heavy atom. The maximum atomic E-state index is 11.9. The molecule has 15 heavy (non-hydrogen) atoms. The molecule has 0 aromatic carbocycles. The van der Waals surface area contributed by atoms with Gasteiger partial charge in [-0.25, -0.2) is 4.79 Å². The number of hydrogen-bond donors (Lipinski definition) is 2. The van der Waals surface area contributed by atoms with Crippen LogP contribution in [0.4, 0.5) is 0 Å². The van der Waals surface area contributed by atoms with Crippen LogP contribution >= 0.6 is 0 Å². The van der Waals surface area contributed by atoms with Crippen molar-refractivity contribution in [3.63, 3.8) is 0 Å². The van der Waals surface area contributed by atoms with Crippen molar-refractivity contribution in [2.45, 2.75) is 32.9 Å². The Labute approximate surface area is 90.5 Å². The average molecular weight is 216 g/mol. The molecule has 0 aliphatic rings. The highest BCUT2D eigenvalue weighted by Gasteiger charge is 2.28. The summed E-state index contributed by atoms with van der Waals surface area (Å²) in [6.45, 7) is 5.32. The summed E-state index contributed by atoms with van der Waals surface area (Å²) in [7, 11) is 3.20. The van der Waals surface area contributed by atoms with Crippen molar-refractivity contribution in [1.29, 1.82) is 0 Å². The van der Waals surface area contributed by atoms with E-state index in [9.17, 15) is 9.59 Å². The second-order valence-corrected chi connectivity index (χ2v) is 3.97. The van der Waals surface area contributed by atoms with Crippen LogP contribution in [0.5, 0.6) is 0 Å². The minimum atomic E-state index is -0.996. The predicted molar refractivity (Wildman–Crippen MR) is 57.6 cm³/mol. The number of carbonyl (C=O) groups excluding carboxylic acids is 1. The van der Waals surface area contributed by atoms with Gasteiger partial charge in [0, 0.05) is 7.05 Å². The first-order chi connectivity index (χ1) is 6.82. The van der Waals surface area contributed by atoms with E-state index >= 15 is 0 Å². The summed E-state index contributed by atoms with van der Waals surface area (Å²) in [6, 6.07) is -1.14. The van der Waals surface area contributed by atoms with E-state index in [4.69, 9.17) is 5.11 Å².